The molecule has 1 aromatic carbocycles. The Labute approximate surface area is 122 Å². The molecule has 1 amide bonds. The number of amides is 1. The first-order chi connectivity index (χ1) is 10.3. The highest BCUT2D eigenvalue weighted by molar-refractivity contribution is 5.91. The Bertz CT molecular complexity index is 646. The number of nitrogens with zero attached hydrogens (tertiary/aromatic N) is 3. The molecule has 2 aromatic rings. The molecule has 0 unspecified atom stereocenters. The van der Waals surface area contributed by atoms with Crippen molar-refractivity contribution < 1.29 is 14.3 Å². The van der Waals surface area contributed by atoms with Crippen molar-refractivity contribution in [3.05, 3.63) is 48.0 Å². The molecule has 0 bridgehead atoms. The number of rotatable bonds is 4. The fourth-order valence-electron chi connectivity index (χ4n) is 2.16. The molecule has 0 N–H and O–H groups in total. The number of carbonyl (C=O) groups is 1. The van der Waals surface area contributed by atoms with Crippen LogP contribution in [0.1, 0.15) is 23.0 Å². The van der Waals surface area contributed by atoms with Crippen LogP contribution in [-0.4, -0.2) is 34.1 Å². The maximum absolute atomic E-state index is 12.4. The molecular weight excluding hydrogens is 270 g/mol. The lowest BCUT2D eigenvalue weighted by Gasteiger charge is -2.20. The van der Waals surface area contributed by atoms with Crippen LogP contribution >= 0.6 is 0 Å². The summed E-state index contributed by atoms with van der Waals surface area (Å²) in [6.07, 6.45) is 4.54. The molecule has 0 atom stereocenters. The van der Waals surface area contributed by atoms with Gasteiger partial charge < -0.3 is 14.4 Å². The summed E-state index contributed by atoms with van der Waals surface area (Å²) < 4.78 is 10.6. The van der Waals surface area contributed by atoms with Crippen LogP contribution in [-0.2, 0) is 6.54 Å². The molecule has 1 aliphatic rings. The molecule has 0 aliphatic carbocycles. The van der Waals surface area contributed by atoms with Gasteiger partial charge in [0, 0.05) is 25.5 Å². The SMILES string of the molecule is CCN(Cc1ccc2c(c1)OCO2)C(=O)c1cnccn1. The van der Waals surface area contributed by atoms with Gasteiger partial charge in [-0.15, -0.1) is 0 Å². The lowest BCUT2D eigenvalue weighted by Crippen LogP contribution is -2.31. The summed E-state index contributed by atoms with van der Waals surface area (Å²) >= 11 is 0. The van der Waals surface area contributed by atoms with Crippen LogP contribution in [0.2, 0.25) is 0 Å². The minimum atomic E-state index is -0.136. The summed E-state index contributed by atoms with van der Waals surface area (Å²) in [5, 5.41) is 0. The van der Waals surface area contributed by atoms with Gasteiger partial charge >= 0.3 is 0 Å². The quantitative estimate of drug-likeness (QED) is 0.858. The molecule has 21 heavy (non-hydrogen) atoms. The Morgan fingerprint density at radius 1 is 1.29 bits per heavy atom. The predicted molar refractivity (Wildman–Crippen MR) is 75.0 cm³/mol. The van der Waals surface area contributed by atoms with Gasteiger partial charge in [0.1, 0.15) is 5.69 Å². The summed E-state index contributed by atoms with van der Waals surface area (Å²) in [5.74, 6) is 1.32. The normalized spacial score (nSPS) is 12.2. The van der Waals surface area contributed by atoms with Crippen LogP contribution in [0.5, 0.6) is 11.5 Å². The van der Waals surface area contributed by atoms with Crippen molar-refractivity contribution in [2.45, 2.75) is 13.5 Å². The van der Waals surface area contributed by atoms with Crippen LogP contribution < -0.4 is 9.47 Å². The number of aromatic nitrogens is 2. The summed E-state index contributed by atoms with van der Waals surface area (Å²) in [6.45, 7) is 3.25. The molecule has 1 aliphatic heterocycles. The molecule has 3 rings (SSSR count). The van der Waals surface area contributed by atoms with E-state index >= 15 is 0 Å². The lowest BCUT2D eigenvalue weighted by atomic mass is 10.2. The molecule has 6 heteroatoms. The number of benzene rings is 1. The van der Waals surface area contributed by atoms with Gasteiger partial charge in [-0.2, -0.15) is 0 Å². The molecular formula is C15H15N3O3. The molecule has 0 saturated heterocycles. The van der Waals surface area contributed by atoms with Crippen molar-refractivity contribution in [1.82, 2.24) is 14.9 Å². The maximum atomic E-state index is 12.4. The highest BCUT2D eigenvalue weighted by Gasteiger charge is 2.18. The third kappa shape index (κ3) is 2.79. The Morgan fingerprint density at radius 2 is 2.14 bits per heavy atom. The van der Waals surface area contributed by atoms with E-state index in [2.05, 4.69) is 9.97 Å². The first-order valence-corrected chi connectivity index (χ1v) is 6.71. The van der Waals surface area contributed by atoms with Gasteiger partial charge in [-0.25, -0.2) is 4.98 Å². The third-order valence-electron chi connectivity index (χ3n) is 3.26. The number of carbonyl (C=O) groups excluding carboxylic acids is 1. The second kappa shape index (κ2) is 5.78. The molecule has 108 valence electrons. The fraction of sp³-hybridized carbons (Fsp3) is 0.267. The van der Waals surface area contributed by atoms with E-state index in [4.69, 9.17) is 9.47 Å². The smallest absolute Gasteiger partial charge is 0.274 e. The van der Waals surface area contributed by atoms with Gasteiger partial charge in [-0.05, 0) is 24.6 Å². The first-order valence-electron chi connectivity index (χ1n) is 6.71. The zero-order chi connectivity index (χ0) is 14.7. The second-order valence-electron chi connectivity index (χ2n) is 4.60. The van der Waals surface area contributed by atoms with Crippen molar-refractivity contribution in [2.75, 3.05) is 13.3 Å². The highest BCUT2D eigenvalue weighted by Crippen LogP contribution is 2.32. The zero-order valence-corrected chi connectivity index (χ0v) is 11.7. The first kappa shape index (κ1) is 13.4. The Hall–Kier alpha value is -2.63. The Morgan fingerprint density at radius 3 is 2.90 bits per heavy atom. The van der Waals surface area contributed by atoms with Crippen LogP contribution in [0.25, 0.3) is 0 Å². The Balaban J connectivity index is 1.77. The van der Waals surface area contributed by atoms with E-state index in [1.807, 2.05) is 25.1 Å². The lowest BCUT2D eigenvalue weighted by molar-refractivity contribution is 0.0746. The highest BCUT2D eigenvalue weighted by atomic mass is 16.7. The van der Waals surface area contributed by atoms with Crippen LogP contribution in [0, 0.1) is 0 Å². The zero-order valence-electron chi connectivity index (χ0n) is 11.7. The van der Waals surface area contributed by atoms with E-state index < -0.39 is 0 Å². The van der Waals surface area contributed by atoms with Crippen molar-refractivity contribution in [3.8, 4) is 11.5 Å². The number of ether oxygens (including phenoxy) is 2. The standard InChI is InChI=1S/C15H15N3O3/c1-2-18(15(19)12-8-16-5-6-17-12)9-11-3-4-13-14(7-11)21-10-20-13/h3-8H,2,9-10H2,1H3. The van der Waals surface area contributed by atoms with Crippen LogP contribution in [0.15, 0.2) is 36.8 Å². The van der Waals surface area contributed by atoms with E-state index in [1.165, 1.54) is 12.4 Å². The number of hydrogen-bond donors (Lipinski definition) is 0. The molecule has 1 aromatic heterocycles. The number of fused-ring (bicyclic) bond motifs is 1. The fourth-order valence-corrected chi connectivity index (χ4v) is 2.16. The van der Waals surface area contributed by atoms with Crippen molar-refractivity contribution in [1.29, 1.82) is 0 Å². The monoisotopic (exact) mass is 285 g/mol. The molecule has 6 nitrogen and oxygen atoms in total. The number of hydrogen-bond acceptors (Lipinski definition) is 5. The molecule has 0 spiro atoms. The summed E-state index contributed by atoms with van der Waals surface area (Å²) in [5.41, 5.74) is 1.33. The second-order valence-corrected chi connectivity index (χ2v) is 4.60. The Kier molecular flexibility index (Phi) is 3.68. The van der Waals surface area contributed by atoms with Crippen LogP contribution in [0.3, 0.4) is 0 Å². The van der Waals surface area contributed by atoms with E-state index in [9.17, 15) is 4.79 Å². The predicted octanol–water partition coefficient (Wildman–Crippen LogP) is 1.87. The van der Waals surface area contributed by atoms with Crippen LogP contribution in [0.4, 0.5) is 0 Å². The average molecular weight is 285 g/mol. The maximum Gasteiger partial charge on any atom is 0.274 e. The van der Waals surface area contributed by atoms with Gasteiger partial charge in [-0.3, -0.25) is 9.78 Å². The van der Waals surface area contributed by atoms with Gasteiger partial charge in [0.25, 0.3) is 5.91 Å². The largest absolute Gasteiger partial charge is 0.454 e. The summed E-state index contributed by atoms with van der Waals surface area (Å²) in [4.78, 5) is 22.1. The molecule has 0 saturated carbocycles. The van der Waals surface area contributed by atoms with Gasteiger partial charge in [0.05, 0.1) is 6.20 Å². The van der Waals surface area contributed by atoms with Crippen molar-refractivity contribution >= 4 is 5.91 Å². The van der Waals surface area contributed by atoms with E-state index in [0.717, 1.165) is 17.1 Å². The third-order valence-corrected chi connectivity index (χ3v) is 3.26. The van der Waals surface area contributed by atoms with E-state index in [0.29, 0.717) is 18.8 Å². The topological polar surface area (TPSA) is 64.6 Å². The minimum Gasteiger partial charge on any atom is -0.454 e. The van der Waals surface area contributed by atoms with Crippen molar-refractivity contribution in [2.24, 2.45) is 0 Å². The molecule has 2 heterocycles. The van der Waals surface area contributed by atoms with E-state index in [-0.39, 0.29) is 12.7 Å². The average Bonchev–Trinajstić information content (AvgIpc) is 3.00. The van der Waals surface area contributed by atoms with Gasteiger partial charge in [-0.1, -0.05) is 6.07 Å². The van der Waals surface area contributed by atoms with E-state index in [1.54, 1.807) is 11.1 Å². The van der Waals surface area contributed by atoms with Gasteiger partial charge in [0.15, 0.2) is 11.5 Å². The molecule has 0 fully saturated rings. The van der Waals surface area contributed by atoms with Gasteiger partial charge in [0.2, 0.25) is 6.79 Å². The van der Waals surface area contributed by atoms with Crippen molar-refractivity contribution in [3.63, 3.8) is 0 Å². The molecule has 0 radical (unpaired) electrons. The summed E-state index contributed by atoms with van der Waals surface area (Å²) in [7, 11) is 0. The summed E-state index contributed by atoms with van der Waals surface area (Å²) in [6, 6.07) is 5.69. The minimum absolute atomic E-state index is 0.136.